The van der Waals surface area contributed by atoms with Crippen molar-refractivity contribution in [1.82, 2.24) is 24.6 Å². The Bertz CT molecular complexity index is 1410. The van der Waals surface area contributed by atoms with Crippen LogP contribution in [0.25, 0.3) is 11.0 Å². The smallest absolute Gasteiger partial charge is 0.282 e. The van der Waals surface area contributed by atoms with Gasteiger partial charge >= 0.3 is 0 Å². The molecule has 0 aliphatic carbocycles. The van der Waals surface area contributed by atoms with Gasteiger partial charge in [-0.1, -0.05) is 35.3 Å². The molecule has 0 atom stereocenters. The summed E-state index contributed by atoms with van der Waals surface area (Å²) in [4.78, 5) is 40.1. The van der Waals surface area contributed by atoms with Gasteiger partial charge in [0, 0.05) is 22.7 Å². The number of nitrogens with zero attached hydrogens (tertiary/aromatic N) is 5. The maximum atomic E-state index is 12.8. The largest absolute Gasteiger partial charge is 0.350 e. The fourth-order valence-corrected chi connectivity index (χ4v) is 3.58. The molecule has 2 aromatic carbocycles. The average molecular weight is 487 g/mol. The highest BCUT2D eigenvalue weighted by atomic mass is 35.5. The Hall–Kier alpha value is -3.76. The second-order valence-corrected chi connectivity index (χ2v) is 7.96. The first-order chi connectivity index (χ1) is 15.8. The number of nitro benzene ring substituents is 1. The van der Waals surface area contributed by atoms with Crippen LogP contribution in [0.5, 0.6) is 0 Å². The Morgan fingerprint density at radius 2 is 1.85 bits per heavy atom. The molecule has 0 saturated heterocycles. The van der Waals surface area contributed by atoms with Crippen LogP contribution in [-0.4, -0.2) is 36.7 Å². The summed E-state index contributed by atoms with van der Waals surface area (Å²) in [7, 11) is 0. The molecule has 4 aromatic rings. The maximum absolute atomic E-state index is 12.8. The van der Waals surface area contributed by atoms with Crippen molar-refractivity contribution in [2.75, 3.05) is 6.54 Å². The van der Waals surface area contributed by atoms with E-state index in [-0.39, 0.29) is 34.9 Å². The molecule has 2 aromatic heterocycles. The molecule has 168 valence electrons. The molecule has 0 saturated carbocycles. The zero-order valence-electron chi connectivity index (χ0n) is 16.9. The average Bonchev–Trinajstić information content (AvgIpc) is 3.20. The van der Waals surface area contributed by atoms with E-state index in [9.17, 15) is 19.7 Å². The van der Waals surface area contributed by atoms with Crippen LogP contribution in [-0.2, 0) is 13.1 Å². The highest BCUT2D eigenvalue weighted by molar-refractivity contribution is 6.31. The first-order valence-corrected chi connectivity index (χ1v) is 10.5. The number of fused-ring (bicyclic) bond motifs is 1. The van der Waals surface area contributed by atoms with Gasteiger partial charge in [0.15, 0.2) is 5.65 Å². The zero-order chi connectivity index (χ0) is 23.5. The second-order valence-electron chi connectivity index (χ2n) is 7.08. The summed E-state index contributed by atoms with van der Waals surface area (Å²) in [6.45, 7) is 0.644. The maximum Gasteiger partial charge on any atom is 0.282 e. The highest BCUT2D eigenvalue weighted by Crippen LogP contribution is 2.22. The van der Waals surface area contributed by atoms with Gasteiger partial charge in [0.25, 0.3) is 17.2 Å². The number of rotatable bonds is 7. The van der Waals surface area contributed by atoms with Crippen molar-refractivity contribution in [3.05, 3.63) is 96.6 Å². The molecule has 0 aliphatic heterocycles. The molecule has 0 spiro atoms. The first kappa shape index (κ1) is 22.4. The van der Waals surface area contributed by atoms with Crippen LogP contribution in [0.1, 0.15) is 15.9 Å². The monoisotopic (exact) mass is 486 g/mol. The van der Waals surface area contributed by atoms with Gasteiger partial charge < -0.3 is 5.32 Å². The lowest BCUT2D eigenvalue weighted by Gasteiger charge is -2.08. The molecule has 1 N–H and O–H groups in total. The minimum atomic E-state index is -0.648. The van der Waals surface area contributed by atoms with E-state index in [1.54, 1.807) is 12.1 Å². The fourth-order valence-electron chi connectivity index (χ4n) is 3.28. The van der Waals surface area contributed by atoms with Crippen LogP contribution in [0.2, 0.25) is 10.0 Å². The zero-order valence-corrected chi connectivity index (χ0v) is 18.5. The number of benzene rings is 2. The lowest BCUT2D eigenvalue weighted by Crippen LogP contribution is -2.28. The standard InChI is InChI=1S/C21H16Cl2N6O4/c22-14-3-1-13(2-4-14)11-27-12-25-19-17(21(27)31)10-26-28(19)8-7-24-20(30)16-9-15(23)5-6-18(16)29(32)33/h1-6,9-10,12H,7-8,11H2,(H,24,30). The Morgan fingerprint density at radius 1 is 1.12 bits per heavy atom. The molecule has 2 heterocycles. The molecule has 0 bridgehead atoms. The number of carbonyl (C=O) groups is 1. The van der Waals surface area contributed by atoms with Gasteiger partial charge in [-0.05, 0) is 29.8 Å². The van der Waals surface area contributed by atoms with Crippen molar-refractivity contribution >= 4 is 45.8 Å². The molecule has 4 rings (SSSR count). The molecule has 12 heteroatoms. The van der Waals surface area contributed by atoms with Gasteiger partial charge in [-0.25, -0.2) is 9.67 Å². The van der Waals surface area contributed by atoms with E-state index in [4.69, 9.17) is 23.2 Å². The normalized spacial score (nSPS) is 11.0. The molecule has 10 nitrogen and oxygen atoms in total. The third-order valence-corrected chi connectivity index (χ3v) is 5.38. The Balaban J connectivity index is 1.47. The molecule has 1 amide bonds. The third kappa shape index (κ3) is 4.86. The number of amides is 1. The summed E-state index contributed by atoms with van der Waals surface area (Å²) < 4.78 is 2.95. The van der Waals surface area contributed by atoms with Crippen molar-refractivity contribution in [3.8, 4) is 0 Å². The number of carbonyl (C=O) groups excluding carboxylic acids is 1. The van der Waals surface area contributed by atoms with Crippen molar-refractivity contribution < 1.29 is 9.72 Å². The van der Waals surface area contributed by atoms with Crippen LogP contribution in [0, 0.1) is 10.1 Å². The van der Waals surface area contributed by atoms with Crippen LogP contribution in [0.3, 0.4) is 0 Å². The van der Waals surface area contributed by atoms with Crippen molar-refractivity contribution in [2.24, 2.45) is 0 Å². The van der Waals surface area contributed by atoms with Crippen LogP contribution < -0.4 is 10.9 Å². The number of nitrogens with one attached hydrogen (secondary N) is 1. The van der Waals surface area contributed by atoms with Gasteiger partial charge in [0.05, 0.1) is 24.2 Å². The lowest BCUT2D eigenvalue weighted by molar-refractivity contribution is -0.385. The second kappa shape index (κ2) is 9.39. The summed E-state index contributed by atoms with van der Waals surface area (Å²) in [6.07, 6.45) is 2.86. The molecule has 33 heavy (non-hydrogen) atoms. The molecule has 0 radical (unpaired) electrons. The summed E-state index contributed by atoms with van der Waals surface area (Å²) in [5.41, 5.74) is 0.536. The van der Waals surface area contributed by atoms with Crippen LogP contribution >= 0.6 is 23.2 Å². The minimum absolute atomic E-state index is 0.106. The van der Waals surface area contributed by atoms with E-state index >= 15 is 0 Å². The van der Waals surface area contributed by atoms with Gasteiger partial charge in [0.2, 0.25) is 0 Å². The Kier molecular flexibility index (Phi) is 6.38. The van der Waals surface area contributed by atoms with E-state index in [1.807, 2.05) is 12.1 Å². The topological polar surface area (TPSA) is 125 Å². The summed E-state index contributed by atoms with van der Waals surface area (Å²) >= 11 is 11.8. The lowest BCUT2D eigenvalue weighted by atomic mass is 10.1. The van der Waals surface area contributed by atoms with Gasteiger partial charge in [0.1, 0.15) is 17.3 Å². The first-order valence-electron chi connectivity index (χ1n) is 9.71. The predicted octanol–water partition coefficient (Wildman–Crippen LogP) is 3.29. The third-order valence-electron chi connectivity index (χ3n) is 4.90. The van der Waals surface area contributed by atoms with Crippen molar-refractivity contribution in [2.45, 2.75) is 13.1 Å². The van der Waals surface area contributed by atoms with E-state index in [0.29, 0.717) is 22.6 Å². The molecule has 0 fully saturated rings. The SMILES string of the molecule is O=C(NCCn1ncc2c(=O)n(Cc3ccc(Cl)cc3)cnc21)c1cc(Cl)ccc1[N+](=O)[O-]. The number of aromatic nitrogens is 4. The van der Waals surface area contributed by atoms with Crippen LogP contribution in [0.15, 0.2) is 59.8 Å². The Labute approximate surface area is 196 Å². The number of hydrogen-bond acceptors (Lipinski definition) is 6. The van der Waals surface area contributed by atoms with Crippen molar-refractivity contribution in [3.63, 3.8) is 0 Å². The quantitative estimate of drug-likeness (QED) is 0.315. The molecule has 0 aliphatic rings. The van der Waals surface area contributed by atoms with Gasteiger partial charge in [-0.3, -0.25) is 24.3 Å². The highest BCUT2D eigenvalue weighted by Gasteiger charge is 2.20. The molecule has 0 unspecified atom stereocenters. The van der Waals surface area contributed by atoms with E-state index in [2.05, 4.69) is 15.4 Å². The van der Waals surface area contributed by atoms with Crippen LogP contribution in [0.4, 0.5) is 5.69 Å². The predicted molar refractivity (Wildman–Crippen MR) is 123 cm³/mol. The minimum Gasteiger partial charge on any atom is -0.350 e. The summed E-state index contributed by atoms with van der Waals surface area (Å²) in [5.74, 6) is -0.640. The van der Waals surface area contributed by atoms with Gasteiger partial charge in [-0.15, -0.1) is 0 Å². The summed E-state index contributed by atoms with van der Waals surface area (Å²) in [6, 6.07) is 10.9. The molecular weight excluding hydrogens is 471 g/mol. The Morgan fingerprint density at radius 3 is 2.58 bits per heavy atom. The van der Waals surface area contributed by atoms with E-state index in [0.717, 1.165) is 5.56 Å². The number of halogens is 2. The number of nitro groups is 1. The van der Waals surface area contributed by atoms with E-state index in [1.165, 1.54) is 40.0 Å². The fraction of sp³-hybridized carbons (Fsp3) is 0.143. The van der Waals surface area contributed by atoms with Crippen molar-refractivity contribution in [1.29, 1.82) is 0 Å². The summed E-state index contributed by atoms with van der Waals surface area (Å²) in [5, 5.41) is 19.1. The number of hydrogen-bond donors (Lipinski definition) is 1. The van der Waals surface area contributed by atoms with Gasteiger partial charge in [-0.2, -0.15) is 5.10 Å². The van der Waals surface area contributed by atoms with E-state index < -0.39 is 10.8 Å². The molecular formula is C21H16Cl2N6O4.